The van der Waals surface area contributed by atoms with Gasteiger partial charge in [-0.2, -0.15) is 0 Å². The molecule has 0 unspecified atom stereocenters. The van der Waals surface area contributed by atoms with Gasteiger partial charge >= 0.3 is 6.03 Å². The lowest BCUT2D eigenvalue weighted by molar-refractivity contribution is 0.262. The van der Waals surface area contributed by atoms with Crippen molar-refractivity contribution in [2.45, 2.75) is 0 Å². The first-order valence-electron chi connectivity index (χ1n) is 6.90. The molecule has 0 saturated heterocycles. The summed E-state index contributed by atoms with van der Waals surface area (Å²) in [5.41, 5.74) is 23.6. The average Bonchev–Trinajstić information content (AvgIpc) is 2.50. The first kappa shape index (κ1) is 19.6. The van der Waals surface area contributed by atoms with Crippen LogP contribution in [0.25, 0.3) is 0 Å². The zero-order chi connectivity index (χ0) is 17.5. The Labute approximate surface area is 150 Å². The van der Waals surface area contributed by atoms with Crippen molar-refractivity contribution in [3.8, 4) is 0 Å². The van der Waals surface area contributed by atoms with Gasteiger partial charge in [-0.25, -0.2) is 14.8 Å². The highest BCUT2D eigenvalue weighted by atomic mass is 35.5. The number of aliphatic imine (C=N–C) groups is 2. The molecule has 2 rings (SSSR count). The molecule has 9 nitrogen and oxygen atoms in total. The molecule has 0 atom stereocenters. The minimum atomic E-state index is -0.390. The molecule has 2 aromatic rings. The highest BCUT2D eigenvalue weighted by molar-refractivity contribution is 6.00. The number of anilines is 2. The smallest absolute Gasteiger partial charge is 0.323 e. The van der Waals surface area contributed by atoms with Crippen molar-refractivity contribution in [3.05, 3.63) is 48.5 Å². The highest BCUT2D eigenvalue weighted by Crippen LogP contribution is 2.18. The predicted octanol–water partition coefficient (Wildman–Crippen LogP) is 1.56. The van der Waals surface area contributed by atoms with Gasteiger partial charge in [-0.15, -0.1) is 12.4 Å². The van der Waals surface area contributed by atoms with Crippen LogP contribution in [0.2, 0.25) is 0 Å². The van der Waals surface area contributed by atoms with Crippen molar-refractivity contribution in [2.75, 3.05) is 10.6 Å². The summed E-state index contributed by atoms with van der Waals surface area (Å²) in [7, 11) is 0. The monoisotopic (exact) mass is 362 g/mol. The van der Waals surface area contributed by atoms with Crippen molar-refractivity contribution >= 4 is 53.1 Å². The van der Waals surface area contributed by atoms with E-state index in [4.69, 9.17) is 22.9 Å². The molecule has 0 heterocycles. The predicted molar refractivity (Wildman–Crippen MR) is 104 cm³/mol. The Morgan fingerprint density at radius 3 is 1.28 bits per heavy atom. The van der Waals surface area contributed by atoms with Crippen molar-refractivity contribution in [1.29, 1.82) is 0 Å². The van der Waals surface area contributed by atoms with Gasteiger partial charge < -0.3 is 33.6 Å². The highest BCUT2D eigenvalue weighted by Gasteiger charge is 2.03. The number of carbonyl (C=O) groups excluding carboxylic acids is 1. The van der Waals surface area contributed by atoms with E-state index in [1.807, 2.05) is 0 Å². The van der Waals surface area contributed by atoms with E-state index in [2.05, 4.69) is 20.6 Å². The van der Waals surface area contributed by atoms with Crippen molar-refractivity contribution in [2.24, 2.45) is 32.9 Å². The van der Waals surface area contributed by atoms with E-state index in [-0.39, 0.29) is 30.4 Å². The minimum Gasteiger partial charge on any atom is -0.370 e. The summed E-state index contributed by atoms with van der Waals surface area (Å²) < 4.78 is 0. The lowest BCUT2D eigenvalue weighted by atomic mass is 10.3. The Kier molecular flexibility index (Phi) is 7.04. The SMILES string of the molecule is Cl.NC(N)=Nc1ccc(NC(=O)Nc2ccc(N=C(N)N)cc2)cc1. The number of carbonyl (C=O) groups is 1. The third-order valence-corrected chi connectivity index (χ3v) is 2.77. The Morgan fingerprint density at radius 2 is 1.00 bits per heavy atom. The van der Waals surface area contributed by atoms with Gasteiger partial charge in [0.1, 0.15) is 0 Å². The molecular weight excluding hydrogens is 344 g/mol. The number of rotatable bonds is 4. The molecule has 0 aliphatic rings. The van der Waals surface area contributed by atoms with Gasteiger partial charge in [0.25, 0.3) is 0 Å². The van der Waals surface area contributed by atoms with E-state index in [0.717, 1.165) is 0 Å². The third-order valence-electron chi connectivity index (χ3n) is 2.77. The standard InChI is InChI=1S/C15H18N8O.ClH/c16-13(17)20-9-1-5-11(6-2-9)22-15(24)23-12-7-3-10(4-8-12)21-14(18)19;/h1-8H,(H4,16,17,20)(H4,18,19,21)(H2,22,23,24);1H. The maximum Gasteiger partial charge on any atom is 0.323 e. The number of nitrogens with two attached hydrogens (primary N) is 4. The van der Waals surface area contributed by atoms with Crippen LogP contribution in [0.15, 0.2) is 58.5 Å². The Bertz CT molecular complexity index is 698. The Balaban J connectivity index is 0.00000312. The van der Waals surface area contributed by atoms with Crippen LogP contribution in [0.5, 0.6) is 0 Å². The molecule has 0 bridgehead atoms. The molecule has 0 fully saturated rings. The zero-order valence-corrected chi connectivity index (χ0v) is 14.0. The maximum absolute atomic E-state index is 11.9. The molecule has 0 aliphatic heterocycles. The molecule has 10 heteroatoms. The number of halogens is 1. The second-order valence-corrected chi connectivity index (χ2v) is 4.75. The van der Waals surface area contributed by atoms with E-state index >= 15 is 0 Å². The van der Waals surface area contributed by atoms with Crippen molar-refractivity contribution in [3.63, 3.8) is 0 Å². The fourth-order valence-corrected chi connectivity index (χ4v) is 1.83. The van der Waals surface area contributed by atoms with E-state index in [9.17, 15) is 4.79 Å². The molecule has 0 saturated carbocycles. The summed E-state index contributed by atoms with van der Waals surface area (Å²) in [5.74, 6) is -0.0600. The molecule has 2 amide bonds. The lowest BCUT2D eigenvalue weighted by Gasteiger charge is -2.08. The van der Waals surface area contributed by atoms with Crippen LogP contribution in [0.3, 0.4) is 0 Å². The largest absolute Gasteiger partial charge is 0.370 e. The van der Waals surface area contributed by atoms with Crippen molar-refractivity contribution in [1.82, 2.24) is 0 Å². The maximum atomic E-state index is 11.9. The zero-order valence-electron chi connectivity index (χ0n) is 13.1. The summed E-state index contributed by atoms with van der Waals surface area (Å²) in [6, 6.07) is 13.1. The quantitative estimate of drug-likeness (QED) is 0.357. The van der Waals surface area contributed by atoms with Crippen LogP contribution in [-0.2, 0) is 0 Å². The number of amides is 2. The van der Waals surface area contributed by atoms with E-state index in [1.54, 1.807) is 48.5 Å². The molecule has 10 N–H and O–H groups in total. The molecule has 2 aromatic carbocycles. The summed E-state index contributed by atoms with van der Waals surface area (Å²) in [6.45, 7) is 0. The summed E-state index contributed by atoms with van der Waals surface area (Å²) in [4.78, 5) is 19.7. The van der Waals surface area contributed by atoms with E-state index in [1.165, 1.54) is 0 Å². The number of guanidine groups is 2. The second-order valence-electron chi connectivity index (χ2n) is 4.75. The van der Waals surface area contributed by atoms with Crippen LogP contribution in [0, 0.1) is 0 Å². The van der Waals surface area contributed by atoms with Crippen LogP contribution in [0.1, 0.15) is 0 Å². The first-order valence-corrected chi connectivity index (χ1v) is 6.90. The number of urea groups is 1. The molecule has 0 radical (unpaired) electrons. The van der Waals surface area contributed by atoms with E-state index < -0.39 is 0 Å². The van der Waals surface area contributed by atoms with Gasteiger partial charge in [-0.05, 0) is 48.5 Å². The van der Waals surface area contributed by atoms with Crippen LogP contribution in [-0.4, -0.2) is 18.0 Å². The van der Waals surface area contributed by atoms with Gasteiger partial charge in [-0.3, -0.25) is 0 Å². The number of hydrogen-bond donors (Lipinski definition) is 6. The summed E-state index contributed by atoms with van der Waals surface area (Å²) in [6.07, 6.45) is 0. The molecular formula is C15H19ClN8O. The molecule has 25 heavy (non-hydrogen) atoms. The van der Waals surface area contributed by atoms with Gasteiger partial charge in [-0.1, -0.05) is 0 Å². The fraction of sp³-hybridized carbons (Fsp3) is 0. The van der Waals surface area contributed by atoms with E-state index in [0.29, 0.717) is 22.7 Å². The molecule has 132 valence electrons. The topological polar surface area (TPSA) is 170 Å². The Morgan fingerprint density at radius 1 is 0.680 bits per heavy atom. The third kappa shape index (κ3) is 6.67. The number of nitrogens with zero attached hydrogens (tertiary/aromatic N) is 2. The van der Waals surface area contributed by atoms with Crippen LogP contribution < -0.4 is 33.6 Å². The molecule has 0 aromatic heterocycles. The lowest BCUT2D eigenvalue weighted by Crippen LogP contribution is -2.22. The summed E-state index contributed by atoms with van der Waals surface area (Å²) >= 11 is 0. The Hall–Kier alpha value is -3.46. The van der Waals surface area contributed by atoms with Gasteiger partial charge in [0.05, 0.1) is 11.4 Å². The van der Waals surface area contributed by atoms with Gasteiger partial charge in [0.2, 0.25) is 0 Å². The molecule has 0 aliphatic carbocycles. The van der Waals surface area contributed by atoms with Crippen LogP contribution >= 0.6 is 12.4 Å². The summed E-state index contributed by atoms with van der Waals surface area (Å²) in [5, 5.41) is 5.38. The van der Waals surface area contributed by atoms with Gasteiger partial charge in [0.15, 0.2) is 11.9 Å². The molecule has 0 spiro atoms. The number of hydrogen-bond acceptors (Lipinski definition) is 3. The van der Waals surface area contributed by atoms with Gasteiger partial charge in [0, 0.05) is 11.4 Å². The fourth-order valence-electron chi connectivity index (χ4n) is 1.83. The van der Waals surface area contributed by atoms with Crippen LogP contribution in [0.4, 0.5) is 27.5 Å². The van der Waals surface area contributed by atoms with Crippen molar-refractivity contribution < 1.29 is 4.79 Å². The first-order chi connectivity index (χ1) is 11.4. The second kappa shape index (κ2) is 8.99. The average molecular weight is 363 g/mol. The normalized spacial score (nSPS) is 9.28. The minimum absolute atomic E-state index is 0. The number of nitrogens with one attached hydrogen (secondary N) is 2. The number of benzene rings is 2.